The average molecular weight is 422 g/mol. The van der Waals surface area contributed by atoms with Crippen LogP contribution in [0.5, 0.6) is 0 Å². The molecule has 1 aromatic heterocycles. The Morgan fingerprint density at radius 2 is 1.97 bits per heavy atom. The van der Waals surface area contributed by atoms with Crippen molar-refractivity contribution in [2.45, 2.75) is 56.9 Å². The Labute approximate surface area is 172 Å². The molecule has 0 atom stereocenters. The molecule has 2 aromatic rings. The number of unbranched alkanes of at least 4 members (excludes halogenated alkanes) is 1. The van der Waals surface area contributed by atoms with Gasteiger partial charge in [0.2, 0.25) is 15.9 Å². The van der Waals surface area contributed by atoms with E-state index in [9.17, 15) is 13.2 Å². The first kappa shape index (κ1) is 21.7. The van der Waals surface area contributed by atoms with Crippen molar-refractivity contribution >= 4 is 27.0 Å². The summed E-state index contributed by atoms with van der Waals surface area (Å²) in [6.07, 6.45) is 4.69. The van der Waals surface area contributed by atoms with Gasteiger partial charge in [-0.15, -0.1) is 0 Å². The van der Waals surface area contributed by atoms with Crippen molar-refractivity contribution in [3.63, 3.8) is 0 Å². The predicted octanol–water partition coefficient (Wildman–Crippen LogP) is 2.15. The molecule has 0 aliphatic carbocycles. The number of carbonyl (C=O) groups is 1. The van der Waals surface area contributed by atoms with E-state index in [1.54, 1.807) is 35.5 Å². The molecule has 1 N–H and O–H groups in total. The average Bonchev–Trinajstić information content (AvgIpc) is 3.32. The largest absolute Gasteiger partial charge is 0.328 e. The first-order valence-electron chi connectivity index (χ1n) is 10.3. The van der Waals surface area contributed by atoms with Crippen LogP contribution in [0.3, 0.4) is 0 Å². The highest BCUT2D eigenvalue weighted by atomic mass is 32.2. The lowest BCUT2D eigenvalue weighted by Crippen LogP contribution is -2.36. The van der Waals surface area contributed by atoms with E-state index in [1.807, 2.05) is 6.07 Å². The number of hydrogen-bond acceptors (Lipinski definition) is 5. The van der Waals surface area contributed by atoms with E-state index in [0.29, 0.717) is 36.3 Å². The number of rotatable bonds is 9. The third-order valence-electron chi connectivity index (χ3n) is 5.16. The second kappa shape index (κ2) is 9.23. The van der Waals surface area contributed by atoms with Crippen molar-refractivity contribution in [2.24, 2.45) is 0 Å². The van der Waals surface area contributed by atoms with Crippen LogP contribution in [-0.2, 0) is 27.8 Å². The van der Waals surface area contributed by atoms with E-state index in [2.05, 4.69) is 16.9 Å². The number of benzene rings is 1. The molecule has 3 rings (SSSR count). The van der Waals surface area contributed by atoms with Gasteiger partial charge in [0.15, 0.2) is 0 Å². The smallest absolute Gasteiger partial charge is 0.243 e. The molecule has 29 heavy (non-hydrogen) atoms. The van der Waals surface area contributed by atoms with Gasteiger partial charge in [-0.1, -0.05) is 13.3 Å². The van der Waals surface area contributed by atoms with Crippen molar-refractivity contribution in [1.29, 1.82) is 0 Å². The normalized spacial score (nSPS) is 15.4. The van der Waals surface area contributed by atoms with Gasteiger partial charge in [0.1, 0.15) is 5.82 Å². The number of imidazole rings is 1. The topological polar surface area (TPSA) is 87.5 Å². The summed E-state index contributed by atoms with van der Waals surface area (Å²) >= 11 is 0. The third kappa shape index (κ3) is 4.96. The Hall–Kier alpha value is -1.97. The fourth-order valence-electron chi connectivity index (χ4n) is 3.68. The maximum absolute atomic E-state index is 12.9. The summed E-state index contributed by atoms with van der Waals surface area (Å²) in [7, 11) is 0.0736. The highest BCUT2D eigenvalue weighted by Gasteiger charge is 2.27. The molecule has 0 saturated carbocycles. The van der Waals surface area contributed by atoms with E-state index in [4.69, 9.17) is 4.98 Å². The van der Waals surface area contributed by atoms with Crippen LogP contribution < -0.4 is 5.43 Å². The Morgan fingerprint density at radius 3 is 2.62 bits per heavy atom. The number of nitrogens with one attached hydrogen (secondary N) is 1. The quantitative estimate of drug-likeness (QED) is 0.627. The van der Waals surface area contributed by atoms with Gasteiger partial charge in [0.25, 0.3) is 0 Å². The summed E-state index contributed by atoms with van der Waals surface area (Å²) in [6, 6.07) is 5.21. The minimum Gasteiger partial charge on any atom is -0.328 e. The molecule has 1 aliphatic rings. The molecule has 160 valence electrons. The van der Waals surface area contributed by atoms with E-state index in [-0.39, 0.29) is 5.91 Å². The minimum absolute atomic E-state index is 0.0682. The number of aromatic nitrogens is 2. The van der Waals surface area contributed by atoms with Gasteiger partial charge in [-0.05, 0) is 37.5 Å². The summed E-state index contributed by atoms with van der Waals surface area (Å²) in [5.41, 5.74) is 4.33. The van der Waals surface area contributed by atoms with Crippen LogP contribution in [0.4, 0.5) is 0 Å². The van der Waals surface area contributed by atoms with Crippen molar-refractivity contribution in [1.82, 2.24) is 24.3 Å². The molecule has 1 aliphatic heterocycles. The minimum atomic E-state index is -3.48. The van der Waals surface area contributed by atoms with Crippen LogP contribution in [-0.4, -0.2) is 60.4 Å². The number of sulfonamides is 1. The van der Waals surface area contributed by atoms with E-state index >= 15 is 0 Å². The molecule has 1 fully saturated rings. The SMILES string of the molecule is CCCCn1c(CCC(=O)NN(C)C)nc2cc(S(=O)(=O)N3CCCC3)ccc21. The predicted molar refractivity (Wildman–Crippen MR) is 113 cm³/mol. The van der Waals surface area contributed by atoms with Gasteiger partial charge >= 0.3 is 0 Å². The Bertz CT molecular complexity index is 962. The maximum atomic E-state index is 12.9. The van der Waals surface area contributed by atoms with Gasteiger partial charge < -0.3 is 4.57 Å². The molecular formula is C20H31N5O3S. The summed E-state index contributed by atoms with van der Waals surface area (Å²) < 4.78 is 29.5. The molecule has 0 radical (unpaired) electrons. The number of fused-ring (bicyclic) bond motifs is 1. The fourth-order valence-corrected chi connectivity index (χ4v) is 5.22. The molecule has 0 unspecified atom stereocenters. The number of nitrogens with zero attached hydrogens (tertiary/aromatic N) is 4. The van der Waals surface area contributed by atoms with Crippen LogP contribution in [0.25, 0.3) is 11.0 Å². The van der Waals surface area contributed by atoms with Gasteiger partial charge in [-0.3, -0.25) is 10.2 Å². The van der Waals surface area contributed by atoms with Gasteiger partial charge in [0, 0.05) is 46.6 Å². The standard InChI is InChI=1S/C20H31N5O3S/c1-4-5-14-25-18-9-8-16(29(27,28)24-12-6-7-13-24)15-17(18)21-19(25)10-11-20(26)22-23(2)3/h8-9,15H,4-7,10-14H2,1-3H3,(H,22,26). The molecule has 8 nitrogen and oxygen atoms in total. The molecule has 9 heteroatoms. The summed E-state index contributed by atoms with van der Waals surface area (Å²) in [4.78, 5) is 17.0. The highest BCUT2D eigenvalue weighted by molar-refractivity contribution is 7.89. The first-order chi connectivity index (χ1) is 13.8. The molecule has 0 bridgehead atoms. The molecule has 1 amide bonds. The van der Waals surface area contributed by atoms with Crippen LogP contribution in [0.15, 0.2) is 23.1 Å². The van der Waals surface area contributed by atoms with Crippen molar-refractivity contribution < 1.29 is 13.2 Å². The Morgan fingerprint density at radius 1 is 1.24 bits per heavy atom. The summed E-state index contributed by atoms with van der Waals surface area (Å²) in [5.74, 6) is 0.750. The Balaban J connectivity index is 1.90. The fraction of sp³-hybridized carbons (Fsp3) is 0.600. The number of amides is 1. The van der Waals surface area contributed by atoms with Gasteiger partial charge in [0.05, 0.1) is 15.9 Å². The lowest BCUT2D eigenvalue weighted by Gasteiger charge is -2.15. The second-order valence-corrected chi connectivity index (χ2v) is 9.66. The molecule has 0 spiro atoms. The number of hydrazine groups is 1. The maximum Gasteiger partial charge on any atom is 0.243 e. The lowest BCUT2D eigenvalue weighted by atomic mass is 10.2. The first-order valence-corrected chi connectivity index (χ1v) is 11.7. The zero-order valence-corrected chi connectivity index (χ0v) is 18.3. The van der Waals surface area contributed by atoms with Crippen molar-refractivity contribution in [2.75, 3.05) is 27.2 Å². The van der Waals surface area contributed by atoms with Crippen LogP contribution in [0.1, 0.15) is 44.9 Å². The summed E-state index contributed by atoms with van der Waals surface area (Å²) in [6.45, 7) is 4.09. The highest BCUT2D eigenvalue weighted by Crippen LogP contribution is 2.26. The zero-order chi connectivity index (χ0) is 21.0. The van der Waals surface area contributed by atoms with Crippen molar-refractivity contribution in [3.8, 4) is 0 Å². The molecule has 2 heterocycles. The number of aryl methyl sites for hydroxylation is 2. The van der Waals surface area contributed by atoms with E-state index in [0.717, 1.165) is 43.6 Å². The van der Waals surface area contributed by atoms with Crippen LogP contribution in [0.2, 0.25) is 0 Å². The third-order valence-corrected chi connectivity index (χ3v) is 7.06. The van der Waals surface area contributed by atoms with E-state index < -0.39 is 10.0 Å². The number of carbonyl (C=O) groups excluding carboxylic acids is 1. The van der Waals surface area contributed by atoms with Crippen LogP contribution >= 0.6 is 0 Å². The number of hydrogen-bond donors (Lipinski definition) is 1. The zero-order valence-electron chi connectivity index (χ0n) is 17.5. The van der Waals surface area contributed by atoms with Crippen molar-refractivity contribution in [3.05, 3.63) is 24.0 Å². The molecule has 1 saturated heterocycles. The molecular weight excluding hydrogens is 390 g/mol. The van der Waals surface area contributed by atoms with E-state index in [1.165, 1.54) is 0 Å². The monoisotopic (exact) mass is 421 g/mol. The van der Waals surface area contributed by atoms with Gasteiger partial charge in [-0.2, -0.15) is 4.31 Å². The van der Waals surface area contributed by atoms with Gasteiger partial charge in [-0.25, -0.2) is 18.4 Å². The molecule has 1 aromatic carbocycles. The summed E-state index contributed by atoms with van der Waals surface area (Å²) in [5, 5.41) is 1.62. The second-order valence-electron chi connectivity index (χ2n) is 7.72. The van der Waals surface area contributed by atoms with Crippen LogP contribution in [0, 0.1) is 0 Å². The Kier molecular flexibility index (Phi) is 6.92. The lowest BCUT2D eigenvalue weighted by molar-refractivity contribution is -0.124.